The van der Waals surface area contributed by atoms with Crippen LogP contribution in [0.4, 0.5) is 10.5 Å². The summed E-state index contributed by atoms with van der Waals surface area (Å²) < 4.78 is 17.0. The van der Waals surface area contributed by atoms with Crippen LogP contribution in [0, 0.1) is 5.92 Å². The van der Waals surface area contributed by atoms with Crippen molar-refractivity contribution in [3.8, 4) is 27.7 Å². The molecule has 39 heavy (non-hydrogen) atoms. The summed E-state index contributed by atoms with van der Waals surface area (Å²) in [5.41, 5.74) is 1.34. The highest BCUT2D eigenvalue weighted by atomic mass is 79.9. The molecule has 4 rings (SSSR count). The normalized spacial score (nSPS) is 13.5. The number of carbonyl (C=O) groups excluding carboxylic acids is 1. The van der Waals surface area contributed by atoms with Crippen LogP contribution in [0.1, 0.15) is 22.5 Å². The fourth-order valence-electron chi connectivity index (χ4n) is 4.17. The number of amides is 2. The van der Waals surface area contributed by atoms with Gasteiger partial charge < -0.3 is 34.6 Å². The molecule has 2 aromatic carbocycles. The third-order valence-corrected chi connectivity index (χ3v) is 8.40. The largest absolute Gasteiger partial charge is 0.495 e. The van der Waals surface area contributed by atoms with Crippen molar-refractivity contribution in [2.75, 3.05) is 38.7 Å². The molecule has 0 unspecified atom stereocenters. The molecule has 1 fully saturated rings. The minimum absolute atomic E-state index is 0.0160. The third kappa shape index (κ3) is 7.01. The minimum atomic E-state index is -1.21. The molecule has 206 valence electrons. The number of carboxylic acids is 2. The topological polar surface area (TPSA) is 135 Å². The third-order valence-electron chi connectivity index (χ3n) is 6.18. The van der Waals surface area contributed by atoms with Gasteiger partial charge in [-0.1, -0.05) is 24.3 Å². The number of halogens is 1. The molecular weight excluding hydrogens is 592 g/mol. The average Bonchev–Trinajstić information content (AvgIpc) is 3.27. The van der Waals surface area contributed by atoms with Crippen molar-refractivity contribution < 1.29 is 38.8 Å². The number of urea groups is 1. The maximum absolute atomic E-state index is 12.7. The summed E-state index contributed by atoms with van der Waals surface area (Å²) in [7, 11) is 1.56. The van der Waals surface area contributed by atoms with Crippen LogP contribution in [-0.2, 0) is 4.79 Å². The summed E-state index contributed by atoms with van der Waals surface area (Å²) in [6.07, 6.45) is 1.59. The Kier molecular flexibility index (Phi) is 9.31. The number of piperidine rings is 1. The van der Waals surface area contributed by atoms with E-state index >= 15 is 0 Å². The van der Waals surface area contributed by atoms with Crippen LogP contribution in [0.2, 0.25) is 0 Å². The Labute approximate surface area is 237 Å². The number of methoxy groups -OCH3 is 1. The predicted molar refractivity (Wildman–Crippen MR) is 149 cm³/mol. The van der Waals surface area contributed by atoms with Gasteiger partial charge in [0.1, 0.15) is 11.5 Å². The Morgan fingerprint density at radius 1 is 1.08 bits per heavy atom. The first kappa shape index (κ1) is 28.2. The van der Waals surface area contributed by atoms with Crippen LogP contribution >= 0.6 is 27.3 Å². The molecule has 0 bridgehead atoms. The minimum Gasteiger partial charge on any atom is -0.495 e. The number of aromatic carboxylic acids is 1. The van der Waals surface area contributed by atoms with Crippen molar-refractivity contribution in [2.45, 2.75) is 12.8 Å². The average molecular weight is 619 g/mol. The van der Waals surface area contributed by atoms with Crippen molar-refractivity contribution >= 4 is 50.9 Å². The molecule has 2 heterocycles. The zero-order chi connectivity index (χ0) is 27.9. The van der Waals surface area contributed by atoms with Gasteiger partial charge >= 0.3 is 18.0 Å². The number of ether oxygens (including phenoxy) is 3. The van der Waals surface area contributed by atoms with Gasteiger partial charge in [0.25, 0.3) is 0 Å². The van der Waals surface area contributed by atoms with E-state index in [-0.39, 0.29) is 22.6 Å². The fourth-order valence-corrected chi connectivity index (χ4v) is 6.06. The number of rotatable bonds is 10. The lowest BCUT2D eigenvalue weighted by atomic mass is 9.98. The predicted octanol–water partition coefficient (Wildman–Crippen LogP) is 5.67. The van der Waals surface area contributed by atoms with E-state index in [9.17, 15) is 19.5 Å². The maximum Gasteiger partial charge on any atom is 0.349 e. The lowest BCUT2D eigenvalue weighted by molar-refractivity contribution is -0.139. The van der Waals surface area contributed by atoms with Gasteiger partial charge in [-0.3, -0.25) is 0 Å². The number of benzene rings is 2. The van der Waals surface area contributed by atoms with E-state index in [2.05, 4.69) is 21.2 Å². The van der Waals surface area contributed by atoms with Gasteiger partial charge in [0.05, 0.1) is 28.8 Å². The van der Waals surface area contributed by atoms with E-state index in [4.69, 9.17) is 19.3 Å². The summed E-state index contributed by atoms with van der Waals surface area (Å²) in [6.45, 7) is 1.03. The van der Waals surface area contributed by atoms with Crippen LogP contribution in [0.15, 0.2) is 53.0 Å². The lowest BCUT2D eigenvalue weighted by Gasteiger charge is -2.32. The summed E-state index contributed by atoms with van der Waals surface area (Å²) in [4.78, 5) is 37.6. The molecule has 3 aromatic rings. The van der Waals surface area contributed by atoms with Crippen molar-refractivity contribution in [1.29, 1.82) is 0 Å². The maximum atomic E-state index is 12.7. The Balaban J connectivity index is 1.34. The van der Waals surface area contributed by atoms with E-state index in [1.165, 1.54) is 0 Å². The number of anilines is 1. The fraction of sp³-hybridized carbons (Fsp3) is 0.296. The number of nitrogens with zero attached hydrogens (tertiary/aromatic N) is 1. The molecule has 0 aliphatic carbocycles. The van der Waals surface area contributed by atoms with Crippen LogP contribution < -0.4 is 19.5 Å². The van der Waals surface area contributed by atoms with E-state index in [0.717, 1.165) is 24.2 Å². The van der Waals surface area contributed by atoms with Crippen LogP contribution in [0.3, 0.4) is 0 Å². The van der Waals surface area contributed by atoms with E-state index in [1.807, 2.05) is 24.3 Å². The molecule has 0 atom stereocenters. The van der Waals surface area contributed by atoms with Gasteiger partial charge in [-0.15, -0.1) is 11.3 Å². The lowest BCUT2D eigenvalue weighted by Crippen LogP contribution is -2.42. The molecule has 0 saturated carbocycles. The monoisotopic (exact) mass is 618 g/mol. The number of hydrogen-bond donors (Lipinski definition) is 3. The van der Waals surface area contributed by atoms with Crippen molar-refractivity contribution in [1.82, 2.24) is 4.90 Å². The molecule has 10 nitrogen and oxygen atoms in total. The van der Waals surface area contributed by atoms with E-state index < -0.39 is 18.5 Å². The summed E-state index contributed by atoms with van der Waals surface area (Å²) in [6, 6.07) is 14.4. The SMILES string of the molecule is COc1ccccc1NC(=O)N1CCC(COc2cccc(-c3sc(C(=O)O)c(OCC(=O)O)c3Br)c2)CC1. The molecule has 0 spiro atoms. The summed E-state index contributed by atoms with van der Waals surface area (Å²) >= 11 is 4.36. The second-order valence-electron chi connectivity index (χ2n) is 8.79. The van der Waals surface area contributed by atoms with Crippen LogP contribution in [0.5, 0.6) is 17.2 Å². The first-order chi connectivity index (χ1) is 18.8. The smallest absolute Gasteiger partial charge is 0.349 e. The van der Waals surface area contributed by atoms with Crippen LogP contribution in [0.25, 0.3) is 10.4 Å². The molecule has 2 amide bonds. The zero-order valence-corrected chi connectivity index (χ0v) is 23.4. The van der Waals surface area contributed by atoms with E-state index in [1.54, 1.807) is 36.3 Å². The number of para-hydroxylation sites is 2. The Morgan fingerprint density at radius 2 is 1.82 bits per heavy atom. The van der Waals surface area contributed by atoms with Gasteiger partial charge in [0.15, 0.2) is 17.2 Å². The van der Waals surface area contributed by atoms with Gasteiger partial charge in [-0.05, 0) is 64.5 Å². The number of thiophene rings is 1. The Morgan fingerprint density at radius 3 is 2.51 bits per heavy atom. The van der Waals surface area contributed by atoms with Gasteiger partial charge in [-0.25, -0.2) is 14.4 Å². The Hall–Kier alpha value is -3.77. The summed E-state index contributed by atoms with van der Waals surface area (Å²) in [5.74, 6) is -0.931. The number of nitrogens with one attached hydrogen (secondary N) is 1. The van der Waals surface area contributed by atoms with Crippen molar-refractivity contribution in [3.05, 3.63) is 57.9 Å². The first-order valence-electron chi connectivity index (χ1n) is 12.1. The van der Waals surface area contributed by atoms with Crippen molar-refractivity contribution in [2.24, 2.45) is 5.92 Å². The zero-order valence-electron chi connectivity index (χ0n) is 21.0. The van der Waals surface area contributed by atoms with Gasteiger partial charge in [0, 0.05) is 13.1 Å². The molecule has 0 radical (unpaired) electrons. The van der Waals surface area contributed by atoms with Gasteiger partial charge in [-0.2, -0.15) is 0 Å². The highest BCUT2D eigenvalue weighted by molar-refractivity contribution is 9.10. The molecule has 1 aliphatic heterocycles. The second-order valence-corrected chi connectivity index (χ2v) is 10.6. The highest BCUT2D eigenvalue weighted by Crippen LogP contribution is 2.46. The highest BCUT2D eigenvalue weighted by Gasteiger charge is 2.26. The molecule has 1 aliphatic rings. The number of carbonyl (C=O) groups is 3. The molecular formula is C27H27BrN2O8S. The van der Waals surface area contributed by atoms with Crippen LogP contribution in [-0.4, -0.2) is 66.5 Å². The first-order valence-corrected chi connectivity index (χ1v) is 13.7. The molecule has 1 saturated heterocycles. The number of carboxylic acid groups (broad SMARTS) is 2. The standard InChI is InChI=1S/C27H27BrN2O8S/c1-36-20-8-3-2-7-19(20)29-27(35)30-11-9-16(10-12-30)14-37-18-6-4-5-17(13-18)24-22(28)23(38-15-21(31)32)25(39-24)26(33)34/h2-8,13,16H,9-12,14-15H2,1H3,(H,29,35)(H,31,32)(H,33,34). The molecule has 1 aromatic heterocycles. The quantitative estimate of drug-likeness (QED) is 0.264. The molecule has 3 N–H and O–H groups in total. The number of hydrogen-bond acceptors (Lipinski definition) is 7. The second kappa shape index (κ2) is 12.9. The van der Waals surface area contributed by atoms with E-state index in [0.29, 0.717) is 51.8 Å². The summed E-state index contributed by atoms with van der Waals surface area (Å²) in [5, 5.41) is 21.4. The number of aliphatic carboxylic acids is 1. The Bertz CT molecular complexity index is 1350. The molecule has 12 heteroatoms. The number of likely N-dealkylation sites (tertiary alicyclic amines) is 1. The van der Waals surface area contributed by atoms with Crippen molar-refractivity contribution in [3.63, 3.8) is 0 Å². The van der Waals surface area contributed by atoms with Gasteiger partial charge in [0.2, 0.25) is 0 Å².